The molecule has 6 heteroatoms. The predicted octanol–water partition coefficient (Wildman–Crippen LogP) is 5.24. The summed E-state index contributed by atoms with van der Waals surface area (Å²) in [6, 6.07) is 18.0. The first-order chi connectivity index (χ1) is 16.7. The Kier molecular flexibility index (Phi) is 6.95. The molecule has 3 heterocycles. The zero-order valence-electron chi connectivity index (χ0n) is 19.7. The van der Waals surface area contributed by atoms with Gasteiger partial charge in [0, 0.05) is 30.6 Å². The number of amides is 1. The minimum Gasteiger partial charge on any atom is -0.497 e. The smallest absolute Gasteiger partial charge is 0.410 e. The van der Waals surface area contributed by atoms with Crippen LogP contribution in [0.3, 0.4) is 0 Å². The van der Waals surface area contributed by atoms with Crippen LogP contribution in [0.25, 0.3) is 10.9 Å². The number of nitrogens with zero attached hydrogens (tertiary/aromatic N) is 2. The molecule has 2 fully saturated rings. The van der Waals surface area contributed by atoms with Crippen LogP contribution in [0.1, 0.15) is 30.4 Å². The second-order valence-electron chi connectivity index (χ2n) is 9.32. The Balaban J connectivity index is 1.16. The van der Waals surface area contributed by atoms with E-state index in [0.717, 1.165) is 62.2 Å². The Morgan fingerprint density at radius 1 is 1.18 bits per heavy atom. The quantitative estimate of drug-likeness (QED) is 0.430. The molecule has 2 saturated heterocycles. The standard InChI is InChI=1S/C28H32N2O4/c1-32-23-10-11-26-24(16-23)21(12-14-29-26)8-5-9-22-13-15-30(17-25(22)27-19-33-27)28(31)34-18-20-6-3-2-4-7-20/h2-4,6-7,10-12,14,16,22,25,27H,5,8-9,13,15,17-19H2,1H3/t22-,25+,27?/m1/s1. The van der Waals surface area contributed by atoms with Gasteiger partial charge < -0.3 is 19.1 Å². The molecular weight excluding hydrogens is 428 g/mol. The zero-order chi connectivity index (χ0) is 23.3. The van der Waals surface area contributed by atoms with Crippen LogP contribution >= 0.6 is 0 Å². The number of aryl methyl sites for hydroxylation is 1. The molecule has 1 amide bonds. The number of ether oxygens (including phenoxy) is 3. The first-order valence-electron chi connectivity index (χ1n) is 12.2. The highest BCUT2D eigenvalue weighted by Crippen LogP contribution is 2.36. The minimum atomic E-state index is -0.217. The van der Waals surface area contributed by atoms with Gasteiger partial charge in [-0.2, -0.15) is 0 Å². The van der Waals surface area contributed by atoms with Crippen LogP contribution in [-0.4, -0.2) is 48.9 Å². The van der Waals surface area contributed by atoms with E-state index >= 15 is 0 Å². The molecule has 2 aromatic carbocycles. The van der Waals surface area contributed by atoms with Crippen LogP contribution < -0.4 is 4.74 Å². The number of rotatable bonds is 8. The lowest BCUT2D eigenvalue weighted by molar-refractivity contribution is 0.0548. The summed E-state index contributed by atoms with van der Waals surface area (Å²) in [5, 5.41) is 1.17. The van der Waals surface area contributed by atoms with Crippen molar-refractivity contribution in [2.45, 2.75) is 38.4 Å². The number of aromatic nitrogens is 1. The van der Waals surface area contributed by atoms with Crippen molar-refractivity contribution in [2.75, 3.05) is 26.8 Å². The lowest BCUT2D eigenvalue weighted by Gasteiger charge is -2.37. The third-order valence-electron chi connectivity index (χ3n) is 7.17. The summed E-state index contributed by atoms with van der Waals surface area (Å²) in [5.41, 5.74) is 3.32. The molecule has 0 radical (unpaired) electrons. The lowest BCUT2D eigenvalue weighted by Crippen LogP contribution is -2.45. The summed E-state index contributed by atoms with van der Waals surface area (Å²) < 4.78 is 16.7. The molecule has 5 rings (SSSR count). The van der Waals surface area contributed by atoms with Crippen molar-refractivity contribution < 1.29 is 19.0 Å². The van der Waals surface area contributed by atoms with E-state index in [0.29, 0.717) is 18.4 Å². The summed E-state index contributed by atoms with van der Waals surface area (Å²) in [6.45, 7) is 2.59. The fourth-order valence-electron chi connectivity index (χ4n) is 5.17. The number of hydrogen-bond donors (Lipinski definition) is 0. The number of carbonyl (C=O) groups excluding carboxylic acids is 1. The zero-order valence-corrected chi connectivity index (χ0v) is 19.7. The molecule has 34 heavy (non-hydrogen) atoms. The van der Waals surface area contributed by atoms with Gasteiger partial charge in [-0.05, 0) is 67.0 Å². The molecule has 0 spiro atoms. The molecule has 1 unspecified atom stereocenters. The van der Waals surface area contributed by atoms with Gasteiger partial charge in [-0.15, -0.1) is 0 Å². The van der Waals surface area contributed by atoms with Crippen LogP contribution in [0.15, 0.2) is 60.8 Å². The van der Waals surface area contributed by atoms with Crippen LogP contribution in [0.2, 0.25) is 0 Å². The Morgan fingerprint density at radius 2 is 2.03 bits per heavy atom. The molecule has 178 valence electrons. The molecule has 0 aliphatic carbocycles. The van der Waals surface area contributed by atoms with E-state index in [1.165, 1.54) is 10.9 Å². The van der Waals surface area contributed by atoms with E-state index in [1.807, 2.05) is 53.6 Å². The highest BCUT2D eigenvalue weighted by Gasteiger charge is 2.42. The van der Waals surface area contributed by atoms with Gasteiger partial charge in [-0.1, -0.05) is 30.3 Å². The van der Waals surface area contributed by atoms with Crippen molar-refractivity contribution in [2.24, 2.45) is 11.8 Å². The molecule has 2 aliphatic rings. The van der Waals surface area contributed by atoms with E-state index in [-0.39, 0.29) is 12.2 Å². The van der Waals surface area contributed by atoms with Gasteiger partial charge in [0.05, 0.1) is 25.3 Å². The normalized spacial score (nSPS) is 21.9. The second-order valence-corrected chi connectivity index (χ2v) is 9.32. The molecule has 6 nitrogen and oxygen atoms in total. The van der Waals surface area contributed by atoms with Gasteiger partial charge in [0.1, 0.15) is 12.4 Å². The van der Waals surface area contributed by atoms with Crippen LogP contribution in [0, 0.1) is 11.8 Å². The van der Waals surface area contributed by atoms with Gasteiger partial charge in [-0.3, -0.25) is 4.98 Å². The highest BCUT2D eigenvalue weighted by molar-refractivity contribution is 5.83. The Morgan fingerprint density at radius 3 is 2.82 bits per heavy atom. The van der Waals surface area contributed by atoms with E-state index < -0.39 is 0 Å². The van der Waals surface area contributed by atoms with Gasteiger partial charge in [0.2, 0.25) is 0 Å². The third kappa shape index (κ3) is 5.33. The maximum Gasteiger partial charge on any atom is 0.410 e. The average Bonchev–Trinajstić information content (AvgIpc) is 3.73. The first kappa shape index (κ1) is 22.7. The molecule has 3 atom stereocenters. The number of fused-ring (bicyclic) bond motifs is 1. The highest BCUT2D eigenvalue weighted by atomic mass is 16.6. The SMILES string of the molecule is COc1ccc2nccc(CCC[C@@H]3CCN(C(=O)OCc4ccccc4)C[C@@H]3C3CO3)c2c1. The summed E-state index contributed by atoms with van der Waals surface area (Å²) in [6.07, 6.45) is 6.18. The summed E-state index contributed by atoms with van der Waals surface area (Å²) in [4.78, 5) is 19.1. The van der Waals surface area contributed by atoms with Gasteiger partial charge in [-0.25, -0.2) is 4.79 Å². The molecular formula is C28H32N2O4. The Labute approximate surface area is 200 Å². The van der Waals surface area contributed by atoms with Crippen molar-refractivity contribution in [3.05, 3.63) is 71.9 Å². The second kappa shape index (κ2) is 10.4. The van der Waals surface area contributed by atoms with Crippen LogP contribution in [0.5, 0.6) is 5.75 Å². The number of epoxide rings is 1. The van der Waals surface area contributed by atoms with E-state index in [4.69, 9.17) is 14.2 Å². The average molecular weight is 461 g/mol. The number of methoxy groups -OCH3 is 1. The van der Waals surface area contributed by atoms with Crippen LogP contribution in [-0.2, 0) is 22.5 Å². The monoisotopic (exact) mass is 460 g/mol. The largest absolute Gasteiger partial charge is 0.497 e. The summed E-state index contributed by atoms with van der Waals surface area (Å²) >= 11 is 0. The Hall–Kier alpha value is -3.12. The number of hydrogen-bond acceptors (Lipinski definition) is 5. The Bertz CT molecular complexity index is 1120. The molecule has 0 bridgehead atoms. The number of benzene rings is 2. The molecule has 0 N–H and O–H groups in total. The molecule has 0 saturated carbocycles. The topological polar surface area (TPSA) is 64.2 Å². The first-order valence-corrected chi connectivity index (χ1v) is 12.2. The maximum absolute atomic E-state index is 12.7. The number of carbonyl (C=O) groups is 1. The number of piperidine rings is 1. The molecule has 1 aromatic heterocycles. The summed E-state index contributed by atoms with van der Waals surface area (Å²) in [7, 11) is 1.70. The number of likely N-dealkylation sites (tertiary alicyclic amines) is 1. The van der Waals surface area contributed by atoms with Crippen molar-refractivity contribution >= 4 is 17.0 Å². The lowest BCUT2D eigenvalue weighted by atomic mass is 9.80. The third-order valence-corrected chi connectivity index (χ3v) is 7.17. The van der Waals surface area contributed by atoms with Gasteiger partial charge >= 0.3 is 6.09 Å². The van der Waals surface area contributed by atoms with E-state index in [1.54, 1.807) is 7.11 Å². The molecule has 2 aliphatic heterocycles. The fourth-order valence-corrected chi connectivity index (χ4v) is 5.17. The van der Waals surface area contributed by atoms with Crippen molar-refractivity contribution in [3.63, 3.8) is 0 Å². The van der Waals surface area contributed by atoms with Crippen molar-refractivity contribution in [1.29, 1.82) is 0 Å². The van der Waals surface area contributed by atoms with Crippen molar-refractivity contribution in [3.8, 4) is 5.75 Å². The van der Waals surface area contributed by atoms with E-state index in [2.05, 4.69) is 17.1 Å². The van der Waals surface area contributed by atoms with E-state index in [9.17, 15) is 4.79 Å². The van der Waals surface area contributed by atoms with Gasteiger partial charge in [0.25, 0.3) is 0 Å². The maximum atomic E-state index is 12.7. The number of pyridine rings is 1. The van der Waals surface area contributed by atoms with Gasteiger partial charge in [0.15, 0.2) is 0 Å². The molecule has 3 aromatic rings. The van der Waals surface area contributed by atoms with Crippen molar-refractivity contribution in [1.82, 2.24) is 9.88 Å². The van der Waals surface area contributed by atoms with Crippen LogP contribution in [0.4, 0.5) is 4.79 Å². The predicted molar refractivity (Wildman–Crippen MR) is 131 cm³/mol. The summed E-state index contributed by atoms with van der Waals surface area (Å²) in [5.74, 6) is 1.81. The minimum absolute atomic E-state index is 0.217. The fraction of sp³-hybridized carbons (Fsp3) is 0.429.